The zero-order chi connectivity index (χ0) is 66.7. The number of unbranched alkanes of at least 4 members (excludes halogenated alkanes) is 18. The van der Waals surface area contributed by atoms with Crippen molar-refractivity contribution in [2.45, 2.75) is 255 Å². The van der Waals surface area contributed by atoms with Gasteiger partial charge in [0.15, 0.2) is 0 Å². The van der Waals surface area contributed by atoms with Crippen molar-refractivity contribution in [2.24, 2.45) is 0 Å². The van der Waals surface area contributed by atoms with E-state index >= 15 is 0 Å². The molecule has 0 saturated carbocycles. The molecule has 0 aliphatic rings. The van der Waals surface area contributed by atoms with Crippen LogP contribution in [0.25, 0.3) is 17.1 Å². The van der Waals surface area contributed by atoms with Gasteiger partial charge in [-0.1, -0.05) is 193 Å². The number of nitrogens with one attached hydrogen (secondary N) is 3. The van der Waals surface area contributed by atoms with Gasteiger partial charge in [-0.2, -0.15) is 0 Å². The summed E-state index contributed by atoms with van der Waals surface area (Å²) in [6, 6.07) is 19.0. The number of hydrogen-bond donors (Lipinski definition) is 3. The predicted octanol–water partition coefficient (Wildman–Crippen LogP) is 16.1. The summed E-state index contributed by atoms with van der Waals surface area (Å²) in [6.45, 7) is 18.4. The Labute approximate surface area is 552 Å². The number of aromatic nitrogens is 6. The Bertz CT molecular complexity index is 3800. The van der Waals surface area contributed by atoms with Crippen molar-refractivity contribution >= 4 is 0 Å². The molecular weight excluding hydrogens is 1150 g/mol. The molecule has 3 N–H and O–H groups in total. The van der Waals surface area contributed by atoms with Crippen LogP contribution in [-0.2, 0) is 38.5 Å². The summed E-state index contributed by atoms with van der Waals surface area (Å²) in [7, 11) is 0. The quantitative estimate of drug-likeness (QED) is 0.0274. The minimum atomic E-state index is -0.466. The van der Waals surface area contributed by atoms with E-state index in [0.717, 1.165) is 276 Å². The molecule has 0 atom stereocenters. The third-order valence-corrected chi connectivity index (χ3v) is 17.8. The van der Waals surface area contributed by atoms with Crippen LogP contribution in [0.5, 0.6) is 0 Å². The maximum atomic E-state index is 13.6. The van der Waals surface area contributed by atoms with Crippen molar-refractivity contribution in [2.75, 3.05) is 0 Å². The standard InChI is InChI=1S/C81H102N6O6/c1-10-16-22-28-34-64-52-73(85-55-58(7)76(88)82-79(85)91)70(37-31-25-19-13-4)49-67(64)43-40-61-46-62(41-44-68-50-71(38-32-26-20-14-5)74(53-65(68)35-29-23-17-11-2)86-56-59(8)77(89)83-80(86)92)48-63(47-61)42-45-69-51-72(39-33-27-21-15-6)75(54-66(69)36-30-24-18-12-3)87-57-60(9)78(90)84-81(87)93/h46-57H,10-39H2,1-9H3,(H,82,88,91)(H,83,89,92)(H,84,90,93). The molecule has 0 aliphatic carbocycles. The highest BCUT2D eigenvalue weighted by Crippen LogP contribution is 2.28. The van der Waals surface area contributed by atoms with E-state index in [-0.39, 0.29) is 0 Å². The van der Waals surface area contributed by atoms with Gasteiger partial charge in [-0.25, -0.2) is 14.4 Å². The molecule has 93 heavy (non-hydrogen) atoms. The second-order valence-corrected chi connectivity index (χ2v) is 25.7. The molecule has 0 aliphatic heterocycles. The largest absolute Gasteiger partial charge is 0.332 e. The van der Waals surface area contributed by atoms with Gasteiger partial charge in [-0.3, -0.25) is 43.0 Å². The monoisotopic (exact) mass is 1250 g/mol. The smallest absolute Gasteiger partial charge is 0.273 e. The molecule has 0 spiro atoms. The van der Waals surface area contributed by atoms with Crippen molar-refractivity contribution in [3.63, 3.8) is 0 Å². The van der Waals surface area contributed by atoms with Crippen LogP contribution in [0.2, 0.25) is 0 Å². The lowest BCUT2D eigenvalue weighted by molar-refractivity contribution is 0.661. The summed E-state index contributed by atoms with van der Waals surface area (Å²) in [5.41, 5.74) is 12.1. The van der Waals surface area contributed by atoms with Crippen molar-refractivity contribution in [1.82, 2.24) is 28.7 Å². The maximum absolute atomic E-state index is 13.6. The highest BCUT2D eigenvalue weighted by molar-refractivity contribution is 5.61. The second kappa shape index (κ2) is 37.3. The van der Waals surface area contributed by atoms with Crippen LogP contribution in [0.15, 0.2) is 102 Å². The first-order chi connectivity index (χ1) is 45.1. The van der Waals surface area contributed by atoms with Gasteiger partial charge in [0, 0.05) is 68.7 Å². The van der Waals surface area contributed by atoms with Crippen molar-refractivity contribution in [3.05, 3.63) is 219 Å². The number of aryl methyl sites for hydroxylation is 9. The van der Waals surface area contributed by atoms with Gasteiger partial charge in [-0.05, 0) is 186 Å². The molecule has 492 valence electrons. The van der Waals surface area contributed by atoms with E-state index in [1.807, 2.05) is 18.2 Å². The molecule has 0 bridgehead atoms. The third kappa shape index (κ3) is 21.1. The molecule has 7 rings (SSSR count). The first-order valence-corrected chi connectivity index (χ1v) is 35.3. The summed E-state index contributed by atoms with van der Waals surface area (Å²) in [6.07, 6.45) is 34.7. The van der Waals surface area contributed by atoms with Gasteiger partial charge in [0.25, 0.3) is 16.7 Å². The van der Waals surface area contributed by atoms with Crippen LogP contribution < -0.4 is 33.7 Å². The summed E-state index contributed by atoms with van der Waals surface area (Å²) in [4.78, 5) is 86.6. The van der Waals surface area contributed by atoms with Crippen LogP contribution >= 0.6 is 0 Å². The van der Waals surface area contributed by atoms with Gasteiger partial charge in [0.1, 0.15) is 0 Å². The van der Waals surface area contributed by atoms with Gasteiger partial charge in [-0.15, -0.1) is 0 Å². The van der Waals surface area contributed by atoms with E-state index in [1.165, 1.54) is 0 Å². The fraction of sp³-hybridized carbons (Fsp3) is 0.481. The van der Waals surface area contributed by atoms with E-state index in [2.05, 4.69) is 128 Å². The third-order valence-electron chi connectivity index (χ3n) is 17.8. The molecule has 0 saturated heterocycles. The molecule has 0 fully saturated rings. The molecule has 3 aromatic heterocycles. The van der Waals surface area contributed by atoms with Crippen LogP contribution in [-0.4, -0.2) is 28.7 Å². The summed E-state index contributed by atoms with van der Waals surface area (Å²) in [5, 5.41) is 0. The zero-order valence-corrected chi connectivity index (χ0v) is 57.4. The van der Waals surface area contributed by atoms with E-state index in [0.29, 0.717) is 16.7 Å². The Hall–Kier alpha value is -8.40. The fourth-order valence-electron chi connectivity index (χ4n) is 12.2. The van der Waals surface area contributed by atoms with Crippen LogP contribution in [0.1, 0.15) is 279 Å². The van der Waals surface area contributed by atoms with Crippen LogP contribution in [0.4, 0.5) is 0 Å². The fourth-order valence-corrected chi connectivity index (χ4v) is 12.2. The highest BCUT2D eigenvalue weighted by atomic mass is 16.2. The Kier molecular flexibility index (Phi) is 28.9. The summed E-state index contributed by atoms with van der Waals surface area (Å²) < 4.78 is 4.79. The Morgan fingerprint density at radius 2 is 0.505 bits per heavy atom. The van der Waals surface area contributed by atoms with E-state index in [9.17, 15) is 28.8 Å². The Morgan fingerprint density at radius 1 is 0.280 bits per heavy atom. The topological polar surface area (TPSA) is 165 Å². The van der Waals surface area contributed by atoms with E-state index in [4.69, 9.17) is 0 Å². The molecule has 7 aromatic rings. The number of nitrogens with zero attached hydrogens (tertiary/aromatic N) is 3. The van der Waals surface area contributed by atoms with Gasteiger partial charge < -0.3 is 0 Å². The Balaban J connectivity index is 1.48. The molecule has 12 heteroatoms. The lowest BCUT2D eigenvalue weighted by atomic mass is 9.94. The first kappa shape index (κ1) is 72.0. The molecule has 3 heterocycles. The molecule has 0 unspecified atom stereocenters. The SMILES string of the molecule is CCCCCCc1cc(-n2cc(C)c(=O)[nH]c2=O)c(CCCCCC)cc1C#Cc1cc(C#Cc2cc(CCCCCC)c(-n3cc(C)c(=O)[nH]c3=O)cc2CCCCCC)cc(C#Cc2cc(CCCCCC)c(-n3cc(C)c(=O)[nH]c3=O)cc2CCCCCC)c1. The van der Waals surface area contributed by atoms with Crippen molar-refractivity contribution < 1.29 is 0 Å². The molecular formula is C81H102N6O6. The lowest BCUT2D eigenvalue weighted by Gasteiger charge is -2.16. The maximum Gasteiger partial charge on any atom is 0.332 e. The lowest BCUT2D eigenvalue weighted by Crippen LogP contribution is -2.30. The van der Waals surface area contributed by atoms with Gasteiger partial charge in [0.05, 0.1) is 17.1 Å². The average molecular weight is 1260 g/mol. The minimum Gasteiger partial charge on any atom is -0.273 e. The average Bonchev–Trinajstić information content (AvgIpc) is 0.835. The zero-order valence-electron chi connectivity index (χ0n) is 57.4. The first-order valence-electron chi connectivity index (χ1n) is 35.3. The second-order valence-electron chi connectivity index (χ2n) is 25.7. The molecule has 4 aromatic carbocycles. The van der Waals surface area contributed by atoms with E-state index in [1.54, 1.807) is 53.1 Å². The van der Waals surface area contributed by atoms with E-state index < -0.39 is 33.7 Å². The number of hydrogen-bond acceptors (Lipinski definition) is 6. The number of rotatable bonds is 33. The normalized spacial score (nSPS) is 11.1. The number of benzene rings is 4. The highest BCUT2D eigenvalue weighted by Gasteiger charge is 2.18. The van der Waals surface area contributed by atoms with Gasteiger partial charge >= 0.3 is 17.1 Å². The Morgan fingerprint density at radius 3 is 0.731 bits per heavy atom. The minimum absolute atomic E-state index is 0.392. The molecule has 12 nitrogen and oxygen atoms in total. The predicted molar refractivity (Wildman–Crippen MR) is 384 cm³/mol. The van der Waals surface area contributed by atoms with Crippen LogP contribution in [0.3, 0.4) is 0 Å². The van der Waals surface area contributed by atoms with Gasteiger partial charge in [0.2, 0.25) is 0 Å². The summed E-state index contributed by atoms with van der Waals surface area (Å²) >= 11 is 0. The molecule has 0 radical (unpaired) electrons. The van der Waals surface area contributed by atoms with Crippen molar-refractivity contribution in [3.8, 4) is 52.6 Å². The van der Waals surface area contributed by atoms with Crippen molar-refractivity contribution in [1.29, 1.82) is 0 Å². The number of H-pyrrole nitrogens is 3. The number of aromatic amines is 3. The molecule has 0 amide bonds. The summed E-state index contributed by atoms with van der Waals surface area (Å²) in [5.74, 6) is 21.8. The van der Waals surface area contributed by atoms with Crippen LogP contribution in [0, 0.1) is 56.3 Å².